The topological polar surface area (TPSA) is 83.1 Å². The van der Waals surface area contributed by atoms with E-state index in [1.54, 1.807) is 42.7 Å². The van der Waals surface area contributed by atoms with E-state index in [1.165, 1.54) is 0 Å². The van der Waals surface area contributed by atoms with Crippen molar-refractivity contribution in [2.24, 2.45) is 5.92 Å². The van der Waals surface area contributed by atoms with Crippen molar-refractivity contribution in [3.63, 3.8) is 0 Å². The molecule has 1 aliphatic heterocycles. The van der Waals surface area contributed by atoms with Gasteiger partial charge in [0.25, 0.3) is 5.91 Å². The van der Waals surface area contributed by atoms with Crippen LogP contribution >= 0.6 is 36.4 Å². The van der Waals surface area contributed by atoms with Crippen molar-refractivity contribution in [3.05, 3.63) is 53.3 Å². The molecule has 0 saturated carbocycles. The molecule has 1 aromatic heterocycles. The van der Waals surface area contributed by atoms with Gasteiger partial charge in [0.2, 0.25) is 5.91 Å². The van der Waals surface area contributed by atoms with Gasteiger partial charge in [-0.3, -0.25) is 14.6 Å². The van der Waals surface area contributed by atoms with E-state index in [2.05, 4.69) is 20.9 Å². The first kappa shape index (κ1) is 24.2. The Kier molecular flexibility index (Phi) is 10.2. The van der Waals surface area contributed by atoms with Crippen molar-refractivity contribution >= 4 is 59.6 Å². The molecule has 28 heavy (non-hydrogen) atoms. The van der Waals surface area contributed by atoms with Crippen molar-refractivity contribution in [1.82, 2.24) is 10.3 Å². The van der Waals surface area contributed by atoms with Gasteiger partial charge in [-0.2, -0.15) is 0 Å². The molecular weight excluding hydrogens is 423 g/mol. The van der Waals surface area contributed by atoms with Crippen molar-refractivity contribution in [2.45, 2.75) is 19.3 Å². The second-order valence-corrected chi connectivity index (χ2v) is 6.74. The molecule has 1 saturated heterocycles. The number of hydrogen-bond acceptors (Lipinski definition) is 4. The number of halogens is 3. The predicted octanol–water partition coefficient (Wildman–Crippen LogP) is 4.16. The van der Waals surface area contributed by atoms with Crippen LogP contribution in [0.1, 0.15) is 29.6 Å². The summed E-state index contributed by atoms with van der Waals surface area (Å²) in [5, 5.41) is 9.15. The fraction of sp³-hybridized carbons (Fsp3) is 0.316. The number of pyridine rings is 1. The number of carbonyl (C=O) groups excluding carboxylic acids is 2. The van der Waals surface area contributed by atoms with Crippen LogP contribution < -0.4 is 16.0 Å². The van der Waals surface area contributed by atoms with Gasteiger partial charge in [0, 0.05) is 18.3 Å². The Morgan fingerprint density at radius 1 is 1.18 bits per heavy atom. The van der Waals surface area contributed by atoms with Crippen molar-refractivity contribution in [1.29, 1.82) is 0 Å². The molecule has 9 heteroatoms. The molecule has 2 heterocycles. The van der Waals surface area contributed by atoms with Gasteiger partial charge in [-0.25, -0.2) is 0 Å². The van der Waals surface area contributed by atoms with E-state index < -0.39 is 0 Å². The van der Waals surface area contributed by atoms with Crippen molar-refractivity contribution in [2.75, 3.05) is 23.7 Å². The van der Waals surface area contributed by atoms with Crippen LogP contribution in [-0.4, -0.2) is 29.9 Å². The van der Waals surface area contributed by atoms with E-state index in [0.717, 1.165) is 25.9 Å². The van der Waals surface area contributed by atoms with Gasteiger partial charge in [-0.15, -0.1) is 24.8 Å². The Morgan fingerprint density at radius 2 is 2.00 bits per heavy atom. The Balaban J connectivity index is 0.00000196. The molecule has 0 spiro atoms. The molecule has 0 aliphatic carbocycles. The average molecular weight is 446 g/mol. The zero-order chi connectivity index (χ0) is 18.4. The minimum atomic E-state index is -0.324. The fourth-order valence-corrected chi connectivity index (χ4v) is 3.20. The van der Waals surface area contributed by atoms with E-state index in [1.807, 2.05) is 0 Å². The zero-order valence-electron chi connectivity index (χ0n) is 15.1. The molecule has 3 rings (SSSR count). The molecule has 2 amide bonds. The minimum Gasteiger partial charge on any atom is -0.326 e. The van der Waals surface area contributed by atoms with E-state index in [9.17, 15) is 9.59 Å². The molecule has 1 aliphatic rings. The third-order valence-corrected chi connectivity index (χ3v) is 4.67. The Labute approximate surface area is 181 Å². The first-order chi connectivity index (χ1) is 12.6. The maximum atomic E-state index is 12.3. The summed E-state index contributed by atoms with van der Waals surface area (Å²) in [4.78, 5) is 28.3. The van der Waals surface area contributed by atoms with Crippen LogP contribution in [0.4, 0.5) is 11.4 Å². The maximum Gasteiger partial charge on any atom is 0.257 e. The number of rotatable bonds is 6. The molecule has 6 nitrogen and oxygen atoms in total. The third kappa shape index (κ3) is 6.95. The molecule has 2 aromatic rings. The normalized spacial score (nSPS) is 15.1. The smallest absolute Gasteiger partial charge is 0.257 e. The summed E-state index contributed by atoms with van der Waals surface area (Å²) in [6.07, 6.45) is 5.66. The number of carbonyl (C=O) groups is 2. The number of nitrogens with one attached hydrogen (secondary N) is 3. The van der Waals surface area contributed by atoms with Crippen molar-refractivity contribution < 1.29 is 9.59 Å². The summed E-state index contributed by atoms with van der Waals surface area (Å²) in [7, 11) is 0. The second kappa shape index (κ2) is 11.9. The number of amides is 2. The summed E-state index contributed by atoms with van der Waals surface area (Å²) >= 11 is 6.22. The SMILES string of the molecule is Cl.Cl.O=C(CCC1CCNC1)Nc1ccc(C(=O)Nc2cccnc2)c(Cl)c1. The van der Waals surface area contributed by atoms with Crippen LogP contribution in [0.3, 0.4) is 0 Å². The highest BCUT2D eigenvalue weighted by molar-refractivity contribution is 6.34. The van der Waals surface area contributed by atoms with Gasteiger partial charge >= 0.3 is 0 Å². The summed E-state index contributed by atoms with van der Waals surface area (Å²) < 4.78 is 0. The van der Waals surface area contributed by atoms with Gasteiger partial charge in [-0.1, -0.05) is 11.6 Å². The summed E-state index contributed by atoms with van der Waals surface area (Å²) in [6.45, 7) is 2.02. The lowest BCUT2D eigenvalue weighted by atomic mass is 10.0. The van der Waals surface area contributed by atoms with Gasteiger partial charge < -0.3 is 16.0 Å². The number of aromatic nitrogens is 1. The lowest BCUT2D eigenvalue weighted by Crippen LogP contribution is -2.16. The number of benzene rings is 1. The number of nitrogens with zero attached hydrogens (tertiary/aromatic N) is 1. The molecule has 1 fully saturated rings. The molecule has 0 radical (unpaired) electrons. The highest BCUT2D eigenvalue weighted by Crippen LogP contribution is 2.23. The van der Waals surface area contributed by atoms with Gasteiger partial charge in [0.1, 0.15) is 0 Å². The number of anilines is 2. The molecule has 152 valence electrons. The highest BCUT2D eigenvalue weighted by Gasteiger charge is 2.16. The second-order valence-electron chi connectivity index (χ2n) is 6.34. The van der Waals surface area contributed by atoms with E-state index >= 15 is 0 Å². The average Bonchev–Trinajstić information content (AvgIpc) is 3.14. The fourth-order valence-electron chi connectivity index (χ4n) is 2.93. The van der Waals surface area contributed by atoms with Gasteiger partial charge in [-0.05, 0) is 62.2 Å². The van der Waals surface area contributed by atoms with Crippen LogP contribution in [0, 0.1) is 5.92 Å². The van der Waals surface area contributed by atoms with E-state index in [0.29, 0.717) is 29.3 Å². The van der Waals surface area contributed by atoms with Gasteiger partial charge in [0.05, 0.1) is 22.5 Å². The highest BCUT2D eigenvalue weighted by atomic mass is 35.5. The van der Waals surface area contributed by atoms with E-state index in [4.69, 9.17) is 11.6 Å². The maximum absolute atomic E-state index is 12.3. The first-order valence-corrected chi connectivity index (χ1v) is 9.01. The summed E-state index contributed by atoms with van der Waals surface area (Å²) in [5.41, 5.74) is 1.51. The Morgan fingerprint density at radius 3 is 2.64 bits per heavy atom. The standard InChI is InChI=1S/C19H21ClN4O2.2ClH/c20-17-10-14(23-18(25)6-3-13-7-9-22-11-13)4-5-16(17)19(26)24-15-2-1-8-21-12-15;;/h1-2,4-5,8,10,12-13,22H,3,6-7,9,11H2,(H,23,25)(H,24,26);2*1H. The van der Waals surface area contributed by atoms with Crippen LogP contribution in [-0.2, 0) is 4.79 Å². The third-order valence-electron chi connectivity index (χ3n) is 4.36. The van der Waals surface area contributed by atoms with E-state index in [-0.39, 0.29) is 41.7 Å². The summed E-state index contributed by atoms with van der Waals surface area (Å²) in [6, 6.07) is 8.35. The molecule has 1 aromatic carbocycles. The van der Waals surface area contributed by atoms with Crippen LogP contribution in [0.25, 0.3) is 0 Å². The predicted molar refractivity (Wildman–Crippen MR) is 117 cm³/mol. The quantitative estimate of drug-likeness (QED) is 0.623. The molecule has 1 atom stereocenters. The van der Waals surface area contributed by atoms with Crippen LogP contribution in [0.2, 0.25) is 5.02 Å². The molecule has 1 unspecified atom stereocenters. The first-order valence-electron chi connectivity index (χ1n) is 8.63. The van der Waals surface area contributed by atoms with Crippen molar-refractivity contribution in [3.8, 4) is 0 Å². The monoisotopic (exact) mass is 444 g/mol. The zero-order valence-corrected chi connectivity index (χ0v) is 17.5. The molecule has 0 bridgehead atoms. The van der Waals surface area contributed by atoms with Crippen LogP contribution in [0.15, 0.2) is 42.7 Å². The Hall–Kier alpha value is -1.86. The largest absolute Gasteiger partial charge is 0.326 e. The lowest BCUT2D eigenvalue weighted by Gasteiger charge is -2.11. The number of hydrogen-bond donors (Lipinski definition) is 3. The van der Waals surface area contributed by atoms with Crippen LogP contribution in [0.5, 0.6) is 0 Å². The summed E-state index contributed by atoms with van der Waals surface area (Å²) in [5.74, 6) is 0.207. The molecular formula is C19H23Cl3N4O2. The molecule has 3 N–H and O–H groups in total. The Bertz CT molecular complexity index is 784. The minimum absolute atomic E-state index is 0. The van der Waals surface area contributed by atoms with Gasteiger partial charge in [0.15, 0.2) is 0 Å². The lowest BCUT2D eigenvalue weighted by molar-refractivity contribution is -0.116.